The molecule has 0 fully saturated rings. The minimum Gasteiger partial charge on any atom is -0.444 e. The lowest BCUT2D eigenvalue weighted by Crippen LogP contribution is -2.27. The third-order valence-corrected chi connectivity index (χ3v) is 6.80. The summed E-state index contributed by atoms with van der Waals surface area (Å²) >= 11 is 2.73. The molecule has 0 atom stereocenters. The van der Waals surface area contributed by atoms with Crippen LogP contribution in [0, 0.1) is 0 Å². The quantitative estimate of drug-likeness (QED) is 0.174. The summed E-state index contributed by atoms with van der Waals surface area (Å²) in [4.78, 5) is 45.1. The Labute approximate surface area is 238 Å². The first-order valence-corrected chi connectivity index (χ1v) is 13.9. The molecule has 2 aromatic heterocycles. The summed E-state index contributed by atoms with van der Waals surface area (Å²) in [5.41, 5.74) is 1.18. The van der Waals surface area contributed by atoms with Crippen LogP contribution in [0.2, 0.25) is 0 Å². The Morgan fingerprint density at radius 3 is 1.48 bits per heavy atom. The molecule has 2 heterocycles. The number of aromatic nitrogens is 2. The van der Waals surface area contributed by atoms with Gasteiger partial charge in [0.25, 0.3) is 0 Å². The van der Waals surface area contributed by atoms with E-state index in [-0.39, 0.29) is 13.2 Å². The van der Waals surface area contributed by atoms with E-state index in [1.807, 2.05) is 12.1 Å². The minimum absolute atomic E-state index is 0.0629. The van der Waals surface area contributed by atoms with Crippen LogP contribution in [0.25, 0.3) is 20.4 Å². The van der Waals surface area contributed by atoms with Gasteiger partial charge in [0.2, 0.25) is 0 Å². The zero-order chi connectivity index (χ0) is 29.1. The summed E-state index contributed by atoms with van der Waals surface area (Å²) < 4.78 is 22.7. The number of nitrogens with zero attached hydrogens (tertiary/aromatic N) is 2. The second-order valence-electron chi connectivity index (χ2n) is 10.7. The van der Waals surface area contributed by atoms with E-state index in [2.05, 4.69) is 20.6 Å². The van der Waals surface area contributed by atoms with Gasteiger partial charge in [-0.3, -0.25) is 10.6 Å². The van der Waals surface area contributed by atoms with Crippen LogP contribution in [-0.2, 0) is 32.2 Å². The summed E-state index contributed by atoms with van der Waals surface area (Å²) in [7, 11) is 0. The molecule has 0 unspecified atom stereocenters. The van der Waals surface area contributed by atoms with Gasteiger partial charge in [-0.05, 0) is 77.9 Å². The summed E-state index contributed by atoms with van der Waals surface area (Å²) in [5, 5.41) is 6.51. The lowest BCUT2D eigenvalue weighted by atomic mass is 10.2. The van der Waals surface area contributed by atoms with Crippen LogP contribution >= 0.6 is 22.7 Å². The molecule has 13 heteroatoms. The van der Waals surface area contributed by atoms with Crippen molar-refractivity contribution in [3.63, 3.8) is 0 Å². The minimum atomic E-state index is -0.849. The predicted molar refractivity (Wildman–Crippen MR) is 154 cm³/mol. The van der Waals surface area contributed by atoms with E-state index in [0.29, 0.717) is 32.4 Å². The molecule has 11 nitrogen and oxygen atoms in total. The molecule has 0 saturated carbocycles. The monoisotopic (exact) mass is 586 g/mol. The number of anilines is 2. The molecule has 40 heavy (non-hydrogen) atoms. The number of carbonyl (C=O) groups is 3. The normalized spacial score (nSPS) is 11.8. The molecule has 0 aliphatic rings. The van der Waals surface area contributed by atoms with Crippen molar-refractivity contribution in [2.24, 2.45) is 0 Å². The Morgan fingerprint density at radius 1 is 0.700 bits per heavy atom. The Morgan fingerprint density at radius 2 is 1.10 bits per heavy atom. The maximum absolute atomic E-state index is 12.2. The van der Waals surface area contributed by atoms with E-state index >= 15 is 0 Å². The fourth-order valence-electron chi connectivity index (χ4n) is 3.36. The molecule has 4 rings (SSSR count). The highest BCUT2D eigenvalue weighted by atomic mass is 32.1. The highest BCUT2D eigenvalue weighted by Gasteiger charge is 2.18. The molecular formula is C27H30N4O7S2. The number of carbonyl (C=O) groups excluding carboxylic acids is 3. The van der Waals surface area contributed by atoms with Gasteiger partial charge >= 0.3 is 18.3 Å². The maximum atomic E-state index is 12.2. The predicted octanol–water partition coefficient (Wildman–Crippen LogP) is 7.45. The fraction of sp³-hybridized carbons (Fsp3) is 0.370. The van der Waals surface area contributed by atoms with Crippen molar-refractivity contribution in [2.45, 2.75) is 66.0 Å². The molecule has 0 bridgehead atoms. The smallest absolute Gasteiger partial charge is 0.444 e. The molecular weight excluding hydrogens is 556 g/mol. The van der Waals surface area contributed by atoms with Crippen molar-refractivity contribution in [1.82, 2.24) is 9.97 Å². The second-order valence-corrected chi connectivity index (χ2v) is 12.9. The number of rotatable bonds is 6. The number of amides is 2. The number of hydrogen-bond donors (Lipinski definition) is 2. The molecule has 2 aromatic carbocycles. The first kappa shape index (κ1) is 29.0. The standard InChI is InChI=1S/C27H30N4O7S2/c1-26(2,3)37-23(32)28-15-7-9-19-17(11-15)30-21(39-19)13-35-25(34)36-14-22-31-18-12-16(8-10-20(18)40-22)29-24(33)38-27(4,5)6/h7-12H,13-14H2,1-6H3,(H,28,32)(H,29,33). The van der Waals surface area contributed by atoms with Crippen LogP contribution in [0.4, 0.5) is 25.8 Å². The van der Waals surface area contributed by atoms with E-state index in [9.17, 15) is 14.4 Å². The summed E-state index contributed by atoms with van der Waals surface area (Å²) in [6, 6.07) is 10.6. The van der Waals surface area contributed by atoms with Crippen LogP contribution in [-0.4, -0.2) is 39.5 Å². The number of hydrogen-bond acceptors (Lipinski definition) is 11. The first-order chi connectivity index (χ1) is 18.7. The number of thiazole rings is 2. The number of fused-ring (bicyclic) bond motifs is 2. The molecule has 212 valence electrons. The van der Waals surface area contributed by atoms with Gasteiger partial charge in [0.15, 0.2) is 0 Å². The van der Waals surface area contributed by atoms with Crippen molar-refractivity contribution in [3.05, 3.63) is 46.4 Å². The van der Waals surface area contributed by atoms with Gasteiger partial charge < -0.3 is 18.9 Å². The second kappa shape index (κ2) is 11.6. The summed E-state index contributed by atoms with van der Waals surface area (Å²) in [6.45, 7) is 10.6. The molecule has 0 radical (unpaired) electrons. The Hall–Kier alpha value is -3.97. The molecule has 0 aliphatic heterocycles. The molecule has 0 aliphatic carbocycles. The largest absolute Gasteiger partial charge is 0.509 e. The van der Waals surface area contributed by atoms with Gasteiger partial charge in [0, 0.05) is 11.4 Å². The van der Waals surface area contributed by atoms with Crippen molar-refractivity contribution < 1.29 is 33.3 Å². The zero-order valence-corrected chi connectivity index (χ0v) is 24.6. The number of ether oxygens (including phenoxy) is 4. The maximum Gasteiger partial charge on any atom is 0.509 e. The number of benzene rings is 2. The van der Waals surface area contributed by atoms with E-state index in [4.69, 9.17) is 18.9 Å². The van der Waals surface area contributed by atoms with Crippen molar-refractivity contribution >= 4 is 72.8 Å². The van der Waals surface area contributed by atoms with Crippen molar-refractivity contribution in [3.8, 4) is 0 Å². The van der Waals surface area contributed by atoms with Crippen molar-refractivity contribution in [1.29, 1.82) is 0 Å². The van der Waals surface area contributed by atoms with Crippen LogP contribution in [0.1, 0.15) is 51.6 Å². The zero-order valence-electron chi connectivity index (χ0n) is 22.9. The van der Waals surface area contributed by atoms with Crippen LogP contribution in [0.3, 0.4) is 0 Å². The lowest BCUT2D eigenvalue weighted by molar-refractivity contribution is 0.0445. The fourth-order valence-corrected chi connectivity index (χ4v) is 5.08. The van der Waals surface area contributed by atoms with E-state index in [0.717, 1.165) is 9.40 Å². The van der Waals surface area contributed by atoms with Gasteiger partial charge in [-0.2, -0.15) is 0 Å². The van der Waals surface area contributed by atoms with Gasteiger partial charge in [-0.1, -0.05) is 0 Å². The molecule has 2 amide bonds. The lowest BCUT2D eigenvalue weighted by Gasteiger charge is -2.19. The average molecular weight is 587 g/mol. The topological polar surface area (TPSA) is 138 Å². The van der Waals surface area contributed by atoms with Crippen molar-refractivity contribution in [2.75, 3.05) is 10.6 Å². The van der Waals surface area contributed by atoms with E-state index in [1.54, 1.807) is 65.8 Å². The van der Waals surface area contributed by atoms with Gasteiger partial charge in [0.1, 0.15) is 34.4 Å². The van der Waals surface area contributed by atoms with Crippen LogP contribution in [0.5, 0.6) is 0 Å². The van der Waals surface area contributed by atoms with Crippen LogP contribution < -0.4 is 10.6 Å². The highest BCUT2D eigenvalue weighted by Crippen LogP contribution is 2.27. The molecule has 4 aromatic rings. The van der Waals surface area contributed by atoms with Crippen LogP contribution in [0.15, 0.2) is 36.4 Å². The van der Waals surface area contributed by atoms with Gasteiger partial charge in [-0.25, -0.2) is 24.4 Å². The summed E-state index contributed by atoms with van der Waals surface area (Å²) in [6.07, 6.45) is -1.96. The van der Waals surface area contributed by atoms with Gasteiger partial charge in [0.05, 0.1) is 20.4 Å². The van der Waals surface area contributed by atoms with Gasteiger partial charge in [-0.15, -0.1) is 22.7 Å². The summed E-state index contributed by atoms with van der Waals surface area (Å²) in [5.74, 6) is 0. The Balaban J connectivity index is 1.28. The number of nitrogens with one attached hydrogen (secondary N) is 2. The SMILES string of the molecule is CC(C)(C)OC(=O)Nc1ccc2sc(COC(=O)OCc3nc4cc(NC(=O)OC(C)(C)C)ccc4s3)nc2c1. The third kappa shape index (κ3) is 8.52. The highest BCUT2D eigenvalue weighted by molar-refractivity contribution is 7.18. The van der Waals surface area contributed by atoms with E-state index < -0.39 is 29.5 Å². The average Bonchev–Trinajstić information content (AvgIpc) is 3.41. The molecule has 0 saturated heterocycles. The van der Waals surface area contributed by atoms with E-state index in [1.165, 1.54) is 22.7 Å². The Bertz CT molecular complexity index is 1440. The first-order valence-electron chi connectivity index (χ1n) is 12.3. The Kier molecular flexibility index (Phi) is 8.45. The molecule has 0 spiro atoms. The molecule has 2 N–H and O–H groups in total. The third-order valence-electron chi connectivity index (χ3n) is 4.78.